The molecule has 0 saturated carbocycles. The van der Waals surface area contributed by atoms with Gasteiger partial charge in [0.25, 0.3) is 0 Å². The van der Waals surface area contributed by atoms with Gasteiger partial charge in [-0.1, -0.05) is 40.7 Å². The number of hydrogen-bond acceptors (Lipinski definition) is 5. The standard InChI is InChI=1S/C16H18N4O2/c1-11-14(12(2)22-18-11)9-20-16(15(10-21)17-19-20)8-13-6-4-3-5-7-13/h3-7,21H,8-10H2,1-2H3. The maximum Gasteiger partial charge on any atom is 0.138 e. The van der Waals surface area contributed by atoms with Crippen LogP contribution in [0.1, 0.15) is 34.0 Å². The molecule has 3 rings (SSSR count). The number of aliphatic hydroxyl groups excluding tert-OH is 1. The number of aliphatic hydroxyl groups is 1. The van der Waals surface area contributed by atoms with Gasteiger partial charge in [-0.05, 0) is 19.4 Å². The van der Waals surface area contributed by atoms with E-state index >= 15 is 0 Å². The Balaban J connectivity index is 1.93. The van der Waals surface area contributed by atoms with E-state index in [1.165, 1.54) is 0 Å². The SMILES string of the molecule is Cc1noc(C)c1Cn1nnc(CO)c1Cc1ccccc1. The number of aryl methyl sites for hydroxylation is 2. The summed E-state index contributed by atoms with van der Waals surface area (Å²) in [4.78, 5) is 0. The molecule has 6 nitrogen and oxygen atoms in total. The van der Waals surface area contributed by atoms with Crippen LogP contribution >= 0.6 is 0 Å². The van der Waals surface area contributed by atoms with Gasteiger partial charge in [0.05, 0.1) is 24.5 Å². The Morgan fingerprint density at radius 2 is 1.95 bits per heavy atom. The lowest BCUT2D eigenvalue weighted by atomic mass is 10.1. The minimum absolute atomic E-state index is 0.121. The largest absolute Gasteiger partial charge is 0.390 e. The van der Waals surface area contributed by atoms with E-state index in [0.717, 1.165) is 28.3 Å². The highest BCUT2D eigenvalue weighted by molar-refractivity contribution is 5.26. The number of benzene rings is 1. The maximum absolute atomic E-state index is 9.50. The van der Waals surface area contributed by atoms with E-state index in [2.05, 4.69) is 27.6 Å². The van der Waals surface area contributed by atoms with Gasteiger partial charge < -0.3 is 9.63 Å². The van der Waals surface area contributed by atoms with E-state index in [4.69, 9.17) is 4.52 Å². The topological polar surface area (TPSA) is 77.0 Å². The molecule has 0 aliphatic rings. The van der Waals surface area contributed by atoms with Gasteiger partial charge in [0.15, 0.2) is 0 Å². The van der Waals surface area contributed by atoms with Crippen LogP contribution in [-0.4, -0.2) is 25.3 Å². The molecule has 1 N–H and O–H groups in total. The Hall–Kier alpha value is -2.47. The molecule has 0 spiro atoms. The van der Waals surface area contributed by atoms with Crippen molar-refractivity contribution < 1.29 is 9.63 Å². The molecule has 0 radical (unpaired) electrons. The van der Waals surface area contributed by atoms with E-state index in [1.807, 2.05) is 36.7 Å². The Bertz CT molecular complexity index is 742. The van der Waals surface area contributed by atoms with Gasteiger partial charge in [-0.2, -0.15) is 0 Å². The van der Waals surface area contributed by atoms with Crippen molar-refractivity contribution in [2.24, 2.45) is 0 Å². The second kappa shape index (κ2) is 6.11. The van der Waals surface area contributed by atoms with Crippen molar-refractivity contribution in [3.63, 3.8) is 0 Å². The Morgan fingerprint density at radius 3 is 2.59 bits per heavy atom. The summed E-state index contributed by atoms with van der Waals surface area (Å²) in [6, 6.07) is 10.1. The van der Waals surface area contributed by atoms with Crippen LogP contribution in [0.2, 0.25) is 0 Å². The quantitative estimate of drug-likeness (QED) is 0.779. The third-order valence-corrected chi connectivity index (χ3v) is 3.77. The third kappa shape index (κ3) is 2.78. The lowest BCUT2D eigenvalue weighted by Crippen LogP contribution is -2.09. The lowest BCUT2D eigenvalue weighted by molar-refractivity contribution is 0.275. The molecule has 22 heavy (non-hydrogen) atoms. The second-order valence-corrected chi connectivity index (χ2v) is 5.26. The minimum atomic E-state index is -0.121. The van der Waals surface area contributed by atoms with Crippen LogP contribution in [0.4, 0.5) is 0 Å². The van der Waals surface area contributed by atoms with Crippen LogP contribution in [0.25, 0.3) is 0 Å². The lowest BCUT2D eigenvalue weighted by Gasteiger charge is -2.08. The predicted octanol–water partition coefficient (Wildman–Crippen LogP) is 2.01. The molecule has 114 valence electrons. The molecule has 6 heteroatoms. The van der Waals surface area contributed by atoms with Gasteiger partial charge in [0.2, 0.25) is 0 Å². The molecule has 0 fully saturated rings. The van der Waals surface area contributed by atoms with Gasteiger partial charge in [-0.15, -0.1) is 5.10 Å². The molecule has 1 aromatic carbocycles. The highest BCUT2D eigenvalue weighted by Gasteiger charge is 2.16. The molecule has 0 amide bonds. The molecule has 0 saturated heterocycles. The number of rotatable bonds is 5. The Kier molecular flexibility index (Phi) is 4.02. The van der Waals surface area contributed by atoms with E-state index < -0.39 is 0 Å². The molecule has 3 aromatic rings. The minimum Gasteiger partial charge on any atom is -0.390 e. The van der Waals surface area contributed by atoms with E-state index in [1.54, 1.807) is 0 Å². The molecule has 0 atom stereocenters. The first-order valence-corrected chi connectivity index (χ1v) is 7.16. The van der Waals surface area contributed by atoms with Crippen molar-refractivity contribution in [1.29, 1.82) is 0 Å². The molecule has 0 bridgehead atoms. The first kappa shape index (κ1) is 14.5. The van der Waals surface area contributed by atoms with Crippen molar-refractivity contribution in [2.45, 2.75) is 33.4 Å². The van der Waals surface area contributed by atoms with Crippen LogP contribution in [0.15, 0.2) is 34.9 Å². The summed E-state index contributed by atoms with van der Waals surface area (Å²) in [5.74, 6) is 0.782. The molecule has 0 unspecified atom stereocenters. The van der Waals surface area contributed by atoms with Crippen molar-refractivity contribution in [2.75, 3.05) is 0 Å². The fourth-order valence-corrected chi connectivity index (χ4v) is 2.48. The first-order chi connectivity index (χ1) is 10.7. The number of aromatic nitrogens is 4. The highest BCUT2D eigenvalue weighted by atomic mass is 16.5. The molecule has 2 heterocycles. The summed E-state index contributed by atoms with van der Waals surface area (Å²) in [5.41, 5.74) is 4.52. The van der Waals surface area contributed by atoms with Crippen molar-refractivity contribution in [3.05, 3.63) is 64.3 Å². The van der Waals surface area contributed by atoms with Crippen LogP contribution in [-0.2, 0) is 19.6 Å². The third-order valence-electron chi connectivity index (χ3n) is 3.77. The van der Waals surface area contributed by atoms with Gasteiger partial charge in [0.1, 0.15) is 11.5 Å². The number of nitrogens with zero attached hydrogens (tertiary/aromatic N) is 4. The summed E-state index contributed by atoms with van der Waals surface area (Å²) in [5, 5.41) is 21.7. The van der Waals surface area contributed by atoms with Crippen LogP contribution in [0.3, 0.4) is 0 Å². The van der Waals surface area contributed by atoms with E-state index in [-0.39, 0.29) is 6.61 Å². The average Bonchev–Trinajstić information content (AvgIpc) is 3.06. The molecular weight excluding hydrogens is 280 g/mol. The van der Waals surface area contributed by atoms with Gasteiger partial charge in [-0.3, -0.25) is 0 Å². The van der Waals surface area contributed by atoms with Crippen LogP contribution < -0.4 is 0 Å². The molecule has 2 aromatic heterocycles. The Morgan fingerprint density at radius 1 is 1.18 bits per heavy atom. The summed E-state index contributed by atoms with van der Waals surface area (Å²) >= 11 is 0. The van der Waals surface area contributed by atoms with Crippen LogP contribution in [0, 0.1) is 13.8 Å². The predicted molar refractivity (Wildman–Crippen MR) is 80.3 cm³/mol. The van der Waals surface area contributed by atoms with E-state index in [0.29, 0.717) is 18.7 Å². The normalized spacial score (nSPS) is 11.0. The fraction of sp³-hybridized carbons (Fsp3) is 0.312. The first-order valence-electron chi connectivity index (χ1n) is 7.16. The van der Waals surface area contributed by atoms with Gasteiger partial charge in [-0.25, -0.2) is 4.68 Å². The maximum atomic E-state index is 9.50. The second-order valence-electron chi connectivity index (χ2n) is 5.26. The Labute approximate surface area is 128 Å². The van der Waals surface area contributed by atoms with Gasteiger partial charge >= 0.3 is 0 Å². The average molecular weight is 298 g/mol. The highest BCUT2D eigenvalue weighted by Crippen LogP contribution is 2.18. The summed E-state index contributed by atoms with van der Waals surface area (Å²) < 4.78 is 7.01. The van der Waals surface area contributed by atoms with E-state index in [9.17, 15) is 5.11 Å². The molecule has 0 aliphatic carbocycles. The zero-order chi connectivity index (χ0) is 15.5. The van der Waals surface area contributed by atoms with Crippen molar-refractivity contribution in [1.82, 2.24) is 20.2 Å². The zero-order valence-electron chi connectivity index (χ0n) is 12.7. The molecular formula is C16H18N4O2. The number of hydrogen-bond donors (Lipinski definition) is 1. The summed E-state index contributed by atoms with van der Waals surface area (Å²) in [6.45, 7) is 4.21. The summed E-state index contributed by atoms with van der Waals surface area (Å²) in [6.07, 6.45) is 0.674. The van der Waals surface area contributed by atoms with Crippen molar-refractivity contribution in [3.8, 4) is 0 Å². The van der Waals surface area contributed by atoms with Crippen LogP contribution in [0.5, 0.6) is 0 Å². The smallest absolute Gasteiger partial charge is 0.138 e. The summed E-state index contributed by atoms with van der Waals surface area (Å²) in [7, 11) is 0. The molecule has 0 aliphatic heterocycles. The van der Waals surface area contributed by atoms with Gasteiger partial charge in [0, 0.05) is 12.0 Å². The zero-order valence-corrected chi connectivity index (χ0v) is 12.7. The fourth-order valence-electron chi connectivity index (χ4n) is 2.48. The van der Waals surface area contributed by atoms with Crippen molar-refractivity contribution >= 4 is 0 Å². The monoisotopic (exact) mass is 298 g/mol.